The second kappa shape index (κ2) is 24.7. The Kier molecular flexibility index (Phi) is 24.4. The van der Waals surface area contributed by atoms with Crippen LogP contribution in [0.25, 0.3) is 0 Å². The summed E-state index contributed by atoms with van der Waals surface area (Å²) in [6, 6.07) is 5.11. The van der Waals surface area contributed by atoms with Gasteiger partial charge in [-0.25, -0.2) is 4.99 Å². The molecule has 1 amide bonds. The molecule has 0 aliphatic heterocycles. The fourth-order valence-corrected chi connectivity index (χ4v) is 4.31. The number of phenolic OH excluding ortho intramolecular Hbond substituents is 1. The molecule has 0 saturated heterocycles. The molecule has 2 N–H and O–H groups in total. The van der Waals surface area contributed by atoms with Crippen molar-refractivity contribution in [2.24, 2.45) is 10.9 Å². The van der Waals surface area contributed by atoms with E-state index in [1.165, 1.54) is 50.7 Å². The third-order valence-electron chi connectivity index (χ3n) is 6.74. The first-order chi connectivity index (χ1) is 21.2. The van der Waals surface area contributed by atoms with Crippen molar-refractivity contribution in [3.8, 4) is 5.75 Å². The molecular formula is C37H60ClF3N2O2. The van der Waals surface area contributed by atoms with Crippen LogP contribution < -0.4 is 5.32 Å². The maximum Gasteiger partial charge on any atom is 0.416 e. The quantitative estimate of drug-likeness (QED) is 0.144. The lowest BCUT2D eigenvalue weighted by molar-refractivity contribution is -0.137. The lowest BCUT2D eigenvalue weighted by Gasteiger charge is -2.16. The third kappa shape index (κ3) is 18.3. The zero-order valence-electron chi connectivity index (χ0n) is 29.8. The van der Waals surface area contributed by atoms with E-state index < -0.39 is 17.6 Å². The van der Waals surface area contributed by atoms with Gasteiger partial charge in [0.15, 0.2) is 0 Å². The van der Waals surface area contributed by atoms with Gasteiger partial charge in [0, 0.05) is 5.02 Å². The number of aryl methyl sites for hydroxylation is 3. The number of hydrogen-bond donors (Lipinski definition) is 2. The molecule has 4 nitrogen and oxygen atoms in total. The smallest absolute Gasteiger partial charge is 0.416 e. The number of alkyl halides is 3. The SMILES string of the molecule is CC.CCCC.CCCCCC(C)C.CCCCc1cc(C(F)(F)F)cc(CC)c1N=C(C)NC(=O)c1cc(Cl)cc(C)c1O. The Balaban J connectivity index is 0. The Morgan fingerprint density at radius 2 is 1.47 bits per heavy atom. The highest BCUT2D eigenvalue weighted by Gasteiger charge is 2.32. The van der Waals surface area contributed by atoms with Gasteiger partial charge in [0.1, 0.15) is 11.6 Å². The molecule has 2 aromatic carbocycles. The van der Waals surface area contributed by atoms with Crippen LogP contribution in [0.15, 0.2) is 29.3 Å². The lowest BCUT2D eigenvalue weighted by atomic mass is 9.97. The summed E-state index contributed by atoms with van der Waals surface area (Å²) >= 11 is 5.98. The van der Waals surface area contributed by atoms with Gasteiger partial charge in [-0.2, -0.15) is 13.2 Å². The van der Waals surface area contributed by atoms with E-state index >= 15 is 0 Å². The summed E-state index contributed by atoms with van der Waals surface area (Å²) in [5.74, 6) is 0.308. The number of halogens is 4. The molecule has 0 spiro atoms. The summed E-state index contributed by atoms with van der Waals surface area (Å²) in [6.07, 6.45) is 6.14. The Labute approximate surface area is 277 Å². The van der Waals surface area contributed by atoms with E-state index in [0.29, 0.717) is 46.7 Å². The maximum absolute atomic E-state index is 13.3. The maximum atomic E-state index is 13.3. The molecule has 0 aliphatic rings. The minimum absolute atomic E-state index is 0.00566. The minimum atomic E-state index is -4.45. The lowest BCUT2D eigenvalue weighted by Crippen LogP contribution is -2.28. The molecular weight excluding hydrogens is 597 g/mol. The molecule has 0 heterocycles. The number of benzene rings is 2. The van der Waals surface area contributed by atoms with Crippen molar-refractivity contribution < 1.29 is 23.1 Å². The fraction of sp³-hybridized carbons (Fsp3) is 0.622. The van der Waals surface area contributed by atoms with Crippen molar-refractivity contribution in [2.75, 3.05) is 0 Å². The number of phenols is 1. The predicted octanol–water partition coefficient (Wildman–Crippen LogP) is 12.8. The van der Waals surface area contributed by atoms with Gasteiger partial charge < -0.3 is 10.4 Å². The molecule has 8 heteroatoms. The first-order valence-corrected chi connectivity index (χ1v) is 17.1. The topological polar surface area (TPSA) is 61.7 Å². The molecule has 0 aliphatic carbocycles. The van der Waals surface area contributed by atoms with Gasteiger partial charge in [-0.3, -0.25) is 4.79 Å². The van der Waals surface area contributed by atoms with E-state index in [4.69, 9.17) is 11.6 Å². The van der Waals surface area contributed by atoms with E-state index in [0.717, 1.165) is 24.5 Å². The molecule has 0 bridgehead atoms. The van der Waals surface area contributed by atoms with Crippen LogP contribution in [0.2, 0.25) is 5.02 Å². The van der Waals surface area contributed by atoms with Crippen molar-refractivity contribution in [2.45, 2.75) is 147 Å². The Hall–Kier alpha value is -2.54. The van der Waals surface area contributed by atoms with E-state index in [-0.39, 0.29) is 17.1 Å². The normalized spacial score (nSPS) is 11.1. The predicted molar refractivity (Wildman–Crippen MR) is 188 cm³/mol. The van der Waals surface area contributed by atoms with Gasteiger partial charge in [0.2, 0.25) is 0 Å². The summed E-state index contributed by atoms with van der Waals surface area (Å²) in [6.45, 7) is 22.1. The fourth-order valence-electron chi connectivity index (χ4n) is 4.03. The second-order valence-corrected chi connectivity index (χ2v) is 11.7. The number of unbranched alkanes of at least 4 members (excludes halogenated alkanes) is 4. The zero-order valence-corrected chi connectivity index (χ0v) is 30.5. The van der Waals surface area contributed by atoms with Crippen molar-refractivity contribution in [1.29, 1.82) is 0 Å². The van der Waals surface area contributed by atoms with E-state index in [1.807, 2.05) is 20.8 Å². The average molecular weight is 657 g/mol. The van der Waals surface area contributed by atoms with Gasteiger partial charge in [0.25, 0.3) is 5.91 Å². The molecule has 0 aromatic heterocycles. The van der Waals surface area contributed by atoms with Gasteiger partial charge in [-0.1, -0.05) is 119 Å². The minimum Gasteiger partial charge on any atom is -0.507 e. The van der Waals surface area contributed by atoms with Crippen LogP contribution in [-0.2, 0) is 19.0 Å². The standard InChI is InChI=1S/C23H26ClF3N2O2.C8H18.C4H10.C2H6/c1-5-7-8-16-11-17(23(25,26)27)10-15(6-2)20(16)28-14(4)29-22(31)19-12-18(24)9-13(3)21(19)30;1-4-5-6-7-8(2)3;1-3-4-2;1-2/h9-12,30H,5-8H2,1-4H3,(H,28,29,31);8H,4-7H2,1-3H3;3-4H2,1-2H3;1-2H3. The van der Waals surface area contributed by atoms with Gasteiger partial charge in [-0.05, 0) is 80.0 Å². The van der Waals surface area contributed by atoms with Crippen LogP contribution in [0.5, 0.6) is 5.75 Å². The second-order valence-electron chi connectivity index (χ2n) is 11.3. The summed E-state index contributed by atoms with van der Waals surface area (Å²) in [5, 5.41) is 13.0. The highest BCUT2D eigenvalue weighted by atomic mass is 35.5. The summed E-state index contributed by atoms with van der Waals surface area (Å²) in [5.41, 5.74) is 1.13. The average Bonchev–Trinajstić information content (AvgIpc) is 2.99. The number of amides is 1. The Morgan fingerprint density at radius 3 is 1.93 bits per heavy atom. The summed E-state index contributed by atoms with van der Waals surface area (Å²) in [4.78, 5) is 17.1. The first kappa shape index (κ1) is 44.6. The molecule has 0 unspecified atom stereocenters. The van der Waals surface area contributed by atoms with E-state index in [1.54, 1.807) is 20.8 Å². The summed E-state index contributed by atoms with van der Waals surface area (Å²) < 4.78 is 40.0. The molecule has 0 radical (unpaired) electrons. The third-order valence-corrected chi connectivity index (χ3v) is 6.96. The van der Waals surface area contributed by atoms with Gasteiger partial charge >= 0.3 is 6.18 Å². The van der Waals surface area contributed by atoms with Crippen LogP contribution >= 0.6 is 11.6 Å². The number of amidine groups is 1. The van der Waals surface area contributed by atoms with Crippen molar-refractivity contribution in [3.63, 3.8) is 0 Å². The largest absolute Gasteiger partial charge is 0.507 e. The van der Waals surface area contributed by atoms with Crippen molar-refractivity contribution in [1.82, 2.24) is 5.32 Å². The molecule has 45 heavy (non-hydrogen) atoms. The van der Waals surface area contributed by atoms with Gasteiger partial charge in [-0.15, -0.1) is 0 Å². The molecule has 2 aromatic rings. The number of carbonyl (C=O) groups excluding carboxylic acids is 1. The molecule has 258 valence electrons. The number of nitrogens with zero attached hydrogens (tertiary/aromatic N) is 1. The number of nitrogens with one attached hydrogen (secondary N) is 1. The van der Waals surface area contributed by atoms with Crippen LogP contribution in [-0.4, -0.2) is 16.8 Å². The highest BCUT2D eigenvalue weighted by Crippen LogP contribution is 2.36. The molecule has 0 fully saturated rings. The monoisotopic (exact) mass is 656 g/mol. The molecule has 2 rings (SSSR count). The number of hydrogen-bond acceptors (Lipinski definition) is 3. The number of aromatic hydroxyl groups is 1. The van der Waals surface area contributed by atoms with Crippen molar-refractivity contribution >= 4 is 29.0 Å². The Bertz CT molecular complexity index is 1140. The Morgan fingerprint density at radius 1 is 0.911 bits per heavy atom. The number of rotatable bonds is 11. The number of aliphatic imine (C=N–C) groups is 1. The number of carbonyl (C=O) groups is 1. The van der Waals surface area contributed by atoms with E-state index in [9.17, 15) is 23.1 Å². The van der Waals surface area contributed by atoms with Gasteiger partial charge in [0.05, 0.1) is 16.8 Å². The van der Waals surface area contributed by atoms with Crippen molar-refractivity contribution in [3.05, 3.63) is 57.1 Å². The van der Waals surface area contributed by atoms with E-state index in [2.05, 4.69) is 44.9 Å². The molecule has 0 atom stereocenters. The van der Waals surface area contributed by atoms with Crippen LogP contribution in [0.3, 0.4) is 0 Å². The van der Waals surface area contributed by atoms with Crippen LogP contribution in [0.1, 0.15) is 153 Å². The van der Waals surface area contributed by atoms with Crippen LogP contribution in [0.4, 0.5) is 18.9 Å². The summed E-state index contributed by atoms with van der Waals surface area (Å²) in [7, 11) is 0. The molecule has 0 saturated carbocycles. The zero-order chi connectivity index (χ0) is 35.2. The first-order valence-electron chi connectivity index (χ1n) is 16.7. The van der Waals surface area contributed by atoms with Crippen LogP contribution in [0, 0.1) is 12.8 Å². The highest BCUT2D eigenvalue weighted by molar-refractivity contribution is 6.31.